The van der Waals surface area contributed by atoms with E-state index in [0.29, 0.717) is 29.1 Å². The fraction of sp³-hybridized carbons (Fsp3) is 0.417. The first-order chi connectivity index (χ1) is 8.72. The van der Waals surface area contributed by atoms with Crippen LogP contribution in [0.5, 0.6) is 0 Å². The number of rotatable bonds is 3. The van der Waals surface area contributed by atoms with Crippen LogP contribution in [0, 0.1) is 5.92 Å². The number of nitrogen functional groups attached to an aromatic ring is 1. The Morgan fingerprint density at radius 3 is 3.22 bits per heavy atom. The molecule has 2 unspecified atom stereocenters. The summed E-state index contributed by atoms with van der Waals surface area (Å²) in [6.45, 7) is 1.48. The Balaban J connectivity index is 1.82. The van der Waals surface area contributed by atoms with E-state index >= 15 is 0 Å². The van der Waals surface area contributed by atoms with Gasteiger partial charge < -0.3 is 15.5 Å². The summed E-state index contributed by atoms with van der Waals surface area (Å²) in [5.74, 6) is 0.985. The number of nitrogens with zero attached hydrogens (tertiary/aromatic N) is 1. The first-order valence-electron chi connectivity index (χ1n) is 5.94. The van der Waals surface area contributed by atoms with Gasteiger partial charge in [-0.25, -0.2) is 4.98 Å². The van der Waals surface area contributed by atoms with E-state index in [2.05, 4.69) is 9.97 Å². The molecule has 2 atom stereocenters. The third kappa shape index (κ3) is 2.26. The summed E-state index contributed by atoms with van der Waals surface area (Å²) >= 11 is 0. The predicted molar refractivity (Wildman–Crippen MR) is 70.7 cm³/mol. The Bertz CT molecular complexity index is 590. The van der Waals surface area contributed by atoms with Gasteiger partial charge in [-0.05, 0) is 30.5 Å². The summed E-state index contributed by atoms with van der Waals surface area (Å²) in [6.07, 6.45) is 0.985. The number of ether oxygens (including phenoxy) is 1. The smallest absolute Gasteiger partial charge is 0.197 e. The van der Waals surface area contributed by atoms with E-state index in [1.54, 1.807) is 6.07 Å². The van der Waals surface area contributed by atoms with Crippen LogP contribution >= 0.6 is 0 Å². The molecule has 0 saturated carbocycles. The first kappa shape index (κ1) is 11.7. The van der Waals surface area contributed by atoms with Crippen LogP contribution in [0.4, 0.5) is 5.69 Å². The van der Waals surface area contributed by atoms with Crippen LogP contribution in [-0.2, 0) is 15.5 Å². The molecule has 3 rings (SSSR count). The number of nitrogens with one attached hydrogen (secondary N) is 1. The lowest BCUT2D eigenvalue weighted by Crippen LogP contribution is -2.12. The molecule has 1 aliphatic rings. The van der Waals surface area contributed by atoms with Crippen molar-refractivity contribution < 1.29 is 8.95 Å². The highest BCUT2D eigenvalue weighted by Crippen LogP contribution is 2.19. The van der Waals surface area contributed by atoms with Crippen molar-refractivity contribution in [1.82, 2.24) is 9.97 Å². The Morgan fingerprint density at radius 1 is 1.56 bits per heavy atom. The molecule has 18 heavy (non-hydrogen) atoms. The molecule has 2 heterocycles. The Kier molecular flexibility index (Phi) is 3.05. The van der Waals surface area contributed by atoms with Crippen molar-refractivity contribution in [2.24, 2.45) is 5.92 Å². The molecule has 1 aromatic carbocycles. The monoisotopic (exact) mass is 265 g/mol. The zero-order valence-corrected chi connectivity index (χ0v) is 10.7. The number of benzene rings is 1. The summed E-state index contributed by atoms with van der Waals surface area (Å²) in [6, 6.07) is 5.43. The fourth-order valence-electron chi connectivity index (χ4n) is 2.12. The van der Waals surface area contributed by atoms with Gasteiger partial charge >= 0.3 is 0 Å². The van der Waals surface area contributed by atoms with Crippen LogP contribution < -0.4 is 5.73 Å². The van der Waals surface area contributed by atoms with E-state index in [0.717, 1.165) is 24.1 Å². The van der Waals surface area contributed by atoms with Gasteiger partial charge in [0.1, 0.15) is 0 Å². The first-order valence-corrected chi connectivity index (χ1v) is 7.25. The van der Waals surface area contributed by atoms with Gasteiger partial charge in [0, 0.05) is 18.0 Å². The third-order valence-corrected chi connectivity index (χ3v) is 4.51. The third-order valence-electron chi connectivity index (χ3n) is 3.11. The van der Waals surface area contributed by atoms with Crippen molar-refractivity contribution in [1.29, 1.82) is 0 Å². The van der Waals surface area contributed by atoms with Crippen LogP contribution in [-0.4, -0.2) is 33.1 Å². The quantitative estimate of drug-likeness (QED) is 0.819. The molecule has 5 nitrogen and oxygen atoms in total. The predicted octanol–water partition coefficient (Wildman–Crippen LogP) is 1.29. The topological polar surface area (TPSA) is 81.0 Å². The number of hydrogen-bond donors (Lipinski definition) is 2. The molecule has 0 radical (unpaired) electrons. The van der Waals surface area contributed by atoms with Crippen LogP contribution in [0.3, 0.4) is 0 Å². The summed E-state index contributed by atoms with van der Waals surface area (Å²) in [5.41, 5.74) is 8.01. The maximum absolute atomic E-state index is 12.2. The molecule has 3 N–H and O–H groups in total. The van der Waals surface area contributed by atoms with Gasteiger partial charge in [0.25, 0.3) is 0 Å². The number of aromatic nitrogens is 2. The van der Waals surface area contributed by atoms with Crippen molar-refractivity contribution in [3.8, 4) is 0 Å². The molecule has 1 fully saturated rings. The Labute approximate surface area is 107 Å². The van der Waals surface area contributed by atoms with E-state index < -0.39 is 10.8 Å². The second kappa shape index (κ2) is 4.70. The standard InChI is InChI=1S/C12H15N3O2S/c13-9-1-2-10-11(5-9)15-12(14-10)18(16)7-8-3-4-17-6-8/h1-2,5,8H,3-4,6-7,13H2,(H,14,15). The molecule has 0 amide bonds. The Morgan fingerprint density at radius 2 is 2.44 bits per heavy atom. The molecular weight excluding hydrogens is 250 g/mol. The van der Waals surface area contributed by atoms with E-state index in [4.69, 9.17) is 10.5 Å². The summed E-state index contributed by atoms with van der Waals surface area (Å²) < 4.78 is 17.5. The number of fused-ring (bicyclic) bond motifs is 1. The number of nitrogens with two attached hydrogens (primary N) is 1. The van der Waals surface area contributed by atoms with Gasteiger partial charge in [-0.3, -0.25) is 4.21 Å². The lowest BCUT2D eigenvalue weighted by Gasteiger charge is -2.04. The maximum atomic E-state index is 12.2. The molecule has 6 heteroatoms. The van der Waals surface area contributed by atoms with Crippen molar-refractivity contribution in [2.45, 2.75) is 11.6 Å². The minimum atomic E-state index is -1.10. The largest absolute Gasteiger partial charge is 0.399 e. The number of hydrogen-bond acceptors (Lipinski definition) is 4. The lowest BCUT2D eigenvalue weighted by molar-refractivity contribution is 0.189. The zero-order valence-electron chi connectivity index (χ0n) is 9.89. The molecule has 96 valence electrons. The zero-order chi connectivity index (χ0) is 12.5. The lowest BCUT2D eigenvalue weighted by atomic mass is 10.2. The van der Waals surface area contributed by atoms with Gasteiger partial charge in [-0.1, -0.05) is 0 Å². The molecule has 1 saturated heterocycles. The average molecular weight is 265 g/mol. The summed E-state index contributed by atoms with van der Waals surface area (Å²) in [7, 11) is -1.10. The van der Waals surface area contributed by atoms with Crippen molar-refractivity contribution in [3.05, 3.63) is 18.2 Å². The highest BCUT2D eigenvalue weighted by molar-refractivity contribution is 7.84. The number of anilines is 1. The molecule has 0 aliphatic carbocycles. The highest BCUT2D eigenvalue weighted by Gasteiger charge is 2.20. The molecule has 1 aliphatic heterocycles. The normalized spacial score (nSPS) is 21.4. The van der Waals surface area contributed by atoms with Gasteiger partial charge in [0.2, 0.25) is 0 Å². The second-order valence-electron chi connectivity index (χ2n) is 4.56. The van der Waals surface area contributed by atoms with Crippen molar-refractivity contribution in [3.63, 3.8) is 0 Å². The summed E-state index contributed by atoms with van der Waals surface area (Å²) in [5, 5.41) is 0.530. The minimum Gasteiger partial charge on any atom is -0.399 e. The van der Waals surface area contributed by atoms with Crippen LogP contribution in [0.1, 0.15) is 6.42 Å². The molecule has 1 aromatic heterocycles. The van der Waals surface area contributed by atoms with Crippen molar-refractivity contribution in [2.75, 3.05) is 24.7 Å². The second-order valence-corrected chi connectivity index (χ2v) is 5.97. The maximum Gasteiger partial charge on any atom is 0.197 e. The number of imidazole rings is 1. The van der Waals surface area contributed by atoms with Crippen LogP contribution in [0.15, 0.2) is 23.4 Å². The Hall–Kier alpha value is -1.40. The van der Waals surface area contributed by atoms with Gasteiger partial charge in [-0.15, -0.1) is 0 Å². The molecule has 0 bridgehead atoms. The molecular formula is C12H15N3O2S. The summed E-state index contributed by atoms with van der Waals surface area (Å²) in [4.78, 5) is 7.42. The number of aromatic amines is 1. The number of H-pyrrole nitrogens is 1. The highest BCUT2D eigenvalue weighted by atomic mass is 32.2. The SMILES string of the molecule is Nc1ccc2nc(S(=O)CC3CCOC3)[nH]c2c1. The van der Waals surface area contributed by atoms with Crippen molar-refractivity contribution >= 4 is 27.5 Å². The molecule has 0 spiro atoms. The van der Waals surface area contributed by atoms with Gasteiger partial charge in [-0.2, -0.15) is 0 Å². The van der Waals surface area contributed by atoms with Crippen LogP contribution in [0.2, 0.25) is 0 Å². The molecule has 2 aromatic rings. The minimum absolute atomic E-state index is 0.379. The van der Waals surface area contributed by atoms with Crippen LogP contribution in [0.25, 0.3) is 11.0 Å². The van der Waals surface area contributed by atoms with Gasteiger partial charge in [0.05, 0.1) is 28.4 Å². The van der Waals surface area contributed by atoms with E-state index in [1.807, 2.05) is 12.1 Å². The fourth-order valence-corrected chi connectivity index (χ4v) is 3.39. The van der Waals surface area contributed by atoms with Gasteiger partial charge in [0.15, 0.2) is 5.16 Å². The van der Waals surface area contributed by atoms with E-state index in [-0.39, 0.29) is 0 Å². The van der Waals surface area contributed by atoms with E-state index in [9.17, 15) is 4.21 Å². The van der Waals surface area contributed by atoms with E-state index in [1.165, 1.54) is 0 Å². The average Bonchev–Trinajstić information content (AvgIpc) is 2.96.